The predicted molar refractivity (Wildman–Crippen MR) is 76.4 cm³/mol. The molecule has 0 aliphatic carbocycles. The van der Waals surface area contributed by atoms with E-state index in [2.05, 4.69) is 0 Å². The first-order chi connectivity index (χ1) is 8.64. The van der Waals surface area contributed by atoms with Crippen LogP contribution in [0.25, 0.3) is 0 Å². The number of hydrogen-bond donors (Lipinski definition) is 0. The molecule has 5 nitrogen and oxygen atoms in total. The third-order valence-electron chi connectivity index (χ3n) is 2.80. The first-order valence-electron chi connectivity index (χ1n) is 5.78. The van der Waals surface area contributed by atoms with Crippen LogP contribution in [0.4, 0.5) is 5.69 Å². The molecule has 0 heterocycles. The minimum atomic E-state index is -3.61. The Morgan fingerprint density at radius 2 is 1.84 bits per heavy atom. The summed E-state index contributed by atoms with van der Waals surface area (Å²) < 4.78 is 23.2. The second kappa shape index (κ2) is 5.92. The average Bonchev–Trinajstić information content (AvgIpc) is 2.26. The molecule has 0 aliphatic heterocycles. The molecule has 19 heavy (non-hydrogen) atoms. The van der Waals surface area contributed by atoms with Gasteiger partial charge in [-0.05, 0) is 18.1 Å². The molecular formula is C12H17NO4S2. The topological polar surface area (TPSA) is 77.3 Å². The number of thioether (sulfide) groups is 1. The van der Waals surface area contributed by atoms with Gasteiger partial charge in [0.05, 0.1) is 9.82 Å². The number of nitro benzene ring substituents is 1. The highest BCUT2D eigenvalue weighted by atomic mass is 32.2. The molecule has 0 spiro atoms. The van der Waals surface area contributed by atoms with E-state index in [4.69, 9.17) is 0 Å². The smallest absolute Gasteiger partial charge is 0.258 e. The third-order valence-corrected chi connectivity index (χ3v) is 5.42. The Kier molecular flexibility index (Phi) is 4.98. The Morgan fingerprint density at radius 3 is 2.26 bits per heavy atom. The number of hydrogen-bond acceptors (Lipinski definition) is 5. The molecule has 0 N–H and O–H groups in total. The summed E-state index contributed by atoms with van der Waals surface area (Å²) in [6.45, 7) is 6.00. The van der Waals surface area contributed by atoms with Crippen LogP contribution in [0.15, 0.2) is 28.0 Å². The second-order valence-electron chi connectivity index (χ2n) is 4.70. The highest BCUT2D eigenvalue weighted by Gasteiger charge is 2.27. The first kappa shape index (κ1) is 16.0. The van der Waals surface area contributed by atoms with E-state index in [1.54, 1.807) is 12.1 Å². The summed E-state index contributed by atoms with van der Waals surface area (Å²) in [6.07, 6.45) is 0.982. The zero-order valence-electron chi connectivity index (χ0n) is 11.3. The van der Waals surface area contributed by atoms with Gasteiger partial charge in [-0.2, -0.15) is 0 Å². The average molecular weight is 303 g/mol. The normalized spacial score (nSPS) is 13.5. The van der Waals surface area contributed by atoms with Gasteiger partial charge in [0.2, 0.25) is 0 Å². The van der Waals surface area contributed by atoms with Crippen molar-refractivity contribution in [3.63, 3.8) is 0 Å². The summed E-state index contributed by atoms with van der Waals surface area (Å²) >= 11 is 1.33. The fraction of sp³-hybridized carbons (Fsp3) is 0.500. The van der Waals surface area contributed by atoms with E-state index in [1.165, 1.54) is 17.8 Å². The molecule has 106 valence electrons. The van der Waals surface area contributed by atoms with E-state index in [-0.39, 0.29) is 15.8 Å². The number of sulfone groups is 1. The van der Waals surface area contributed by atoms with E-state index in [9.17, 15) is 18.5 Å². The summed E-state index contributed by atoms with van der Waals surface area (Å²) in [5, 5.41) is 11.3. The summed E-state index contributed by atoms with van der Waals surface area (Å²) in [6, 6.07) is 4.41. The van der Waals surface area contributed by atoms with Crippen LogP contribution in [0, 0.1) is 16.0 Å². The number of benzene rings is 1. The summed E-state index contributed by atoms with van der Waals surface area (Å²) in [4.78, 5) is 10.7. The van der Waals surface area contributed by atoms with Crippen molar-refractivity contribution in [1.29, 1.82) is 0 Å². The third kappa shape index (κ3) is 3.94. The van der Waals surface area contributed by atoms with Crippen molar-refractivity contribution in [3.8, 4) is 0 Å². The Balaban J connectivity index is 3.38. The van der Waals surface area contributed by atoms with Gasteiger partial charge in [0.1, 0.15) is 4.90 Å². The molecule has 0 saturated heterocycles. The lowest BCUT2D eigenvalue weighted by Crippen LogP contribution is -2.08. The van der Waals surface area contributed by atoms with Crippen molar-refractivity contribution in [2.45, 2.75) is 35.8 Å². The van der Waals surface area contributed by atoms with Gasteiger partial charge in [0, 0.05) is 11.5 Å². The van der Waals surface area contributed by atoms with Crippen LogP contribution in [0.1, 0.15) is 20.8 Å². The van der Waals surface area contributed by atoms with E-state index < -0.39 is 14.8 Å². The SMILES string of the molecule is CC(C)C(C)Sc1cccc(S(C)(=O)=O)c1[N+](=O)[O-]. The second-order valence-corrected chi connectivity index (χ2v) is 8.10. The van der Waals surface area contributed by atoms with E-state index in [1.807, 2.05) is 20.8 Å². The molecule has 1 rings (SSSR count). The maximum atomic E-state index is 11.6. The van der Waals surface area contributed by atoms with Gasteiger partial charge in [-0.1, -0.05) is 26.8 Å². The number of rotatable bonds is 5. The van der Waals surface area contributed by atoms with Crippen LogP contribution >= 0.6 is 11.8 Å². The quantitative estimate of drug-likeness (QED) is 0.474. The molecule has 0 radical (unpaired) electrons. The Hall–Kier alpha value is -1.08. The summed E-state index contributed by atoms with van der Waals surface area (Å²) in [5.41, 5.74) is -0.317. The molecule has 1 unspecified atom stereocenters. The maximum Gasteiger partial charge on any atom is 0.301 e. The minimum Gasteiger partial charge on any atom is -0.258 e. The molecule has 7 heteroatoms. The van der Waals surface area contributed by atoms with Crippen LogP contribution in [0.3, 0.4) is 0 Å². The summed E-state index contributed by atoms with van der Waals surface area (Å²) in [5.74, 6) is 0.339. The van der Waals surface area contributed by atoms with E-state index >= 15 is 0 Å². The van der Waals surface area contributed by atoms with Crippen LogP contribution in [-0.2, 0) is 9.84 Å². The van der Waals surface area contributed by atoms with Crippen molar-refractivity contribution in [1.82, 2.24) is 0 Å². The first-order valence-corrected chi connectivity index (χ1v) is 8.55. The highest BCUT2D eigenvalue weighted by Crippen LogP contribution is 2.38. The molecule has 0 aliphatic rings. The zero-order valence-corrected chi connectivity index (χ0v) is 12.9. The molecular weight excluding hydrogens is 286 g/mol. The van der Waals surface area contributed by atoms with Gasteiger partial charge in [-0.25, -0.2) is 8.42 Å². The molecule has 0 bridgehead atoms. The molecule has 0 fully saturated rings. The van der Waals surface area contributed by atoms with Crippen LogP contribution in [-0.4, -0.2) is 24.8 Å². The van der Waals surface area contributed by atoms with Gasteiger partial charge in [0.25, 0.3) is 0 Å². The Labute approximate surface area is 117 Å². The summed E-state index contributed by atoms with van der Waals surface area (Å²) in [7, 11) is -3.61. The lowest BCUT2D eigenvalue weighted by molar-refractivity contribution is -0.390. The minimum absolute atomic E-state index is 0.161. The van der Waals surface area contributed by atoms with Crippen molar-refractivity contribution >= 4 is 27.3 Å². The van der Waals surface area contributed by atoms with Crippen molar-refractivity contribution in [2.75, 3.05) is 6.26 Å². The monoisotopic (exact) mass is 303 g/mol. The van der Waals surface area contributed by atoms with Crippen molar-refractivity contribution in [2.24, 2.45) is 5.92 Å². The fourth-order valence-electron chi connectivity index (χ4n) is 1.41. The van der Waals surface area contributed by atoms with Gasteiger partial charge in [0.15, 0.2) is 9.84 Å². The van der Waals surface area contributed by atoms with E-state index in [0.717, 1.165) is 6.26 Å². The molecule has 1 aromatic carbocycles. The van der Waals surface area contributed by atoms with Crippen molar-refractivity contribution in [3.05, 3.63) is 28.3 Å². The molecule has 1 aromatic rings. The number of nitrogens with zero attached hydrogens (tertiary/aromatic N) is 1. The molecule has 1 atom stereocenters. The molecule has 0 aromatic heterocycles. The molecule has 0 amide bonds. The van der Waals surface area contributed by atoms with Crippen LogP contribution in [0.5, 0.6) is 0 Å². The Bertz CT molecular complexity index is 581. The van der Waals surface area contributed by atoms with Gasteiger partial charge in [-0.15, -0.1) is 11.8 Å². The van der Waals surface area contributed by atoms with Gasteiger partial charge >= 0.3 is 5.69 Å². The van der Waals surface area contributed by atoms with Gasteiger partial charge < -0.3 is 0 Å². The van der Waals surface area contributed by atoms with Crippen molar-refractivity contribution < 1.29 is 13.3 Å². The predicted octanol–water partition coefficient (Wildman–Crippen LogP) is 3.13. The van der Waals surface area contributed by atoms with Gasteiger partial charge in [-0.3, -0.25) is 10.1 Å². The zero-order chi connectivity index (χ0) is 14.8. The van der Waals surface area contributed by atoms with Crippen LogP contribution < -0.4 is 0 Å². The Morgan fingerprint density at radius 1 is 1.26 bits per heavy atom. The van der Waals surface area contributed by atoms with E-state index in [0.29, 0.717) is 10.8 Å². The van der Waals surface area contributed by atoms with Crippen LogP contribution in [0.2, 0.25) is 0 Å². The highest BCUT2D eigenvalue weighted by molar-refractivity contribution is 8.00. The fourth-order valence-corrected chi connectivity index (χ4v) is 3.46. The maximum absolute atomic E-state index is 11.6. The lowest BCUT2D eigenvalue weighted by atomic mass is 10.2. The number of nitro groups is 1. The standard InChI is InChI=1S/C12H17NO4S2/c1-8(2)9(3)18-10-6-5-7-11(19(4,16)17)12(10)13(14)15/h5-9H,1-4H3. The lowest BCUT2D eigenvalue weighted by Gasteiger charge is -2.15. The number of para-hydroxylation sites is 1. The largest absolute Gasteiger partial charge is 0.301 e. The molecule has 0 saturated carbocycles.